The highest BCUT2D eigenvalue weighted by Gasteiger charge is 2.32. The summed E-state index contributed by atoms with van der Waals surface area (Å²) in [5, 5.41) is 22.6. The van der Waals surface area contributed by atoms with Crippen LogP contribution in [0.5, 0.6) is 0 Å². The van der Waals surface area contributed by atoms with E-state index in [-0.39, 0.29) is 31.1 Å². The highest BCUT2D eigenvalue weighted by molar-refractivity contribution is 6.30. The van der Waals surface area contributed by atoms with Crippen molar-refractivity contribution < 1.29 is 15.0 Å². The van der Waals surface area contributed by atoms with E-state index in [0.717, 1.165) is 10.0 Å². The second-order valence-corrected chi connectivity index (χ2v) is 8.85. The third-order valence-corrected chi connectivity index (χ3v) is 5.32. The van der Waals surface area contributed by atoms with Crippen molar-refractivity contribution in [2.75, 3.05) is 13.2 Å². The quantitative estimate of drug-likeness (QED) is 0.375. The molecule has 0 aromatic heterocycles. The Morgan fingerprint density at radius 1 is 1.03 bits per heavy atom. The van der Waals surface area contributed by atoms with Crippen LogP contribution in [0.2, 0.25) is 10.0 Å². The molecule has 0 aliphatic rings. The average molecular weight is 482 g/mol. The Kier molecular flexibility index (Phi) is 16.7. The third-order valence-electron chi connectivity index (χ3n) is 4.81. The van der Waals surface area contributed by atoms with Crippen LogP contribution < -0.4 is 5.32 Å². The molecule has 2 rings (SSSR count). The number of aliphatic hydroxyl groups is 2. The summed E-state index contributed by atoms with van der Waals surface area (Å²) in [5.74, 6) is 0.105. The lowest BCUT2D eigenvalue weighted by molar-refractivity contribution is -0.132. The second kappa shape index (κ2) is 17.7. The first-order valence-electron chi connectivity index (χ1n) is 10.7. The molecule has 0 radical (unpaired) electrons. The van der Waals surface area contributed by atoms with Crippen LogP contribution in [-0.2, 0) is 4.79 Å². The molecule has 0 saturated heterocycles. The number of benzene rings is 2. The van der Waals surface area contributed by atoms with Gasteiger partial charge >= 0.3 is 0 Å². The van der Waals surface area contributed by atoms with E-state index in [9.17, 15) is 9.90 Å². The molecule has 3 N–H and O–H groups in total. The predicted molar refractivity (Wildman–Crippen MR) is 136 cm³/mol. The van der Waals surface area contributed by atoms with Gasteiger partial charge in [0.2, 0.25) is 5.91 Å². The van der Waals surface area contributed by atoms with Crippen LogP contribution >= 0.6 is 23.2 Å². The summed E-state index contributed by atoms with van der Waals surface area (Å²) in [5.41, 5.74) is -0.563. The minimum atomic E-state index is -0.563. The van der Waals surface area contributed by atoms with Crippen molar-refractivity contribution in [1.82, 2.24) is 5.32 Å². The number of carbonyl (C=O) groups excluding carboxylic acids is 1. The van der Waals surface area contributed by atoms with Crippen LogP contribution in [0.4, 0.5) is 0 Å². The van der Waals surface area contributed by atoms with Crippen LogP contribution in [-0.4, -0.2) is 35.4 Å². The molecular formula is C26H37Cl2NO3. The van der Waals surface area contributed by atoms with Gasteiger partial charge in [-0.2, -0.15) is 0 Å². The van der Waals surface area contributed by atoms with Gasteiger partial charge in [-0.1, -0.05) is 86.4 Å². The van der Waals surface area contributed by atoms with Crippen molar-refractivity contribution in [3.8, 4) is 0 Å². The minimum absolute atomic E-state index is 0.0619. The first-order valence-corrected chi connectivity index (χ1v) is 11.5. The zero-order chi connectivity index (χ0) is 24.4. The molecule has 1 amide bonds. The number of carbonyl (C=O) groups is 1. The Balaban J connectivity index is 0.000000550. The Morgan fingerprint density at radius 3 is 1.78 bits per heavy atom. The predicted octanol–water partition coefficient (Wildman–Crippen LogP) is 6.15. The lowest BCUT2D eigenvalue weighted by Crippen LogP contribution is -2.47. The maximum Gasteiger partial charge on any atom is 0.226 e. The Bertz CT molecular complexity index is 704. The van der Waals surface area contributed by atoms with Gasteiger partial charge in [-0.15, -0.1) is 6.58 Å². The molecule has 0 spiro atoms. The summed E-state index contributed by atoms with van der Waals surface area (Å²) in [6.07, 6.45) is 3.48. The van der Waals surface area contributed by atoms with Crippen LogP contribution in [0.3, 0.4) is 0 Å². The molecule has 0 fully saturated rings. The van der Waals surface area contributed by atoms with Crippen molar-refractivity contribution >= 4 is 29.1 Å². The Hall–Kier alpha value is -1.85. The fourth-order valence-corrected chi connectivity index (χ4v) is 2.98. The van der Waals surface area contributed by atoms with Crippen LogP contribution in [0.25, 0.3) is 0 Å². The van der Waals surface area contributed by atoms with Crippen molar-refractivity contribution in [2.45, 2.75) is 46.1 Å². The summed E-state index contributed by atoms with van der Waals surface area (Å²) < 4.78 is 0. The average Bonchev–Trinajstić information content (AvgIpc) is 2.77. The second-order valence-electron chi connectivity index (χ2n) is 7.98. The highest BCUT2D eigenvalue weighted by atomic mass is 35.5. The Labute approximate surface area is 203 Å². The summed E-state index contributed by atoms with van der Waals surface area (Å²) >= 11 is 11.1. The molecule has 6 heteroatoms. The number of halogens is 2. The zero-order valence-corrected chi connectivity index (χ0v) is 20.8. The largest absolute Gasteiger partial charge is 0.396 e. The smallest absolute Gasteiger partial charge is 0.226 e. The normalized spacial score (nSPS) is 12.9. The number of nitrogens with one attached hydrogen (secondary N) is 1. The van der Waals surface area contributed by atoms with Gasteiger partial charge in [0, 0.05) is 22.1 Å². The fraction of sp³-hybridized carbons (Fsp3) is 0.423. The van der Waals surface area contributed by atoms with E-state index in [0.29, 0.717) is 19.3 Å². The number of amides is 1. The fourth-order valence-electron chi connectivity index (χ4n) is 2.69. The molecule has 2 aromatic rings. The number of hydrogen-bond acceptors (Lipinski definition) is 3. The number of hydrogen-bond donors (Lipinski definition) is 3. The number of aliphatic hydroxyl groups excluding tert-OH is 2. The SMILES string of the molecule is C=CC[C@@](C)(CCCO)C(=O)NC(CO)C(C)C.Clc1ccccc1.Clc1ccccc1. The van der Waals surface area contributed by atoms with E-state index in [1.54, 1.807) is 6.08 Å². The van der Waals surface area contributed by atoms with E-state index < -0.39 is 5.41 Å². The molecule has 0 aliphatic carbocycles. The van der Waals surface area contributed by atoms with Gasteiger partial charge in [-0.3, -0.25) is 4.79 Å². The van der Waals surface area contributed by atoms with Gasteiger partial charge in [0.1, 0.15) is 0 Å². The molecule has 0 aliphatic heterocycles. The van der Waals surface area contributed by atoms with E-state index in [1.165, 1.54) is 0 Å². The first kappa shape index (κ1) is 30.2. The third kappa shape index (κ3) is 13.5. The molecule has 2 aromatic carbocycles. The highest BCUT2D eigenvalue weighted by Crippen LogP contribution is 2.28. The number of rotatable bonds is 9. The van der Waals surface area contributed by atoms with Crippen molar-refractivity contribution in [3.05, 3.63) is 83.4 Å². The molecule has 178 valence electrons. The van der Waals surface area contributed by atoms with Crippen LogP contribution in [0.1, 0.15) is 40.0 Å². The summed E-state index contributed by atoms with van der Waals surface area (Å²) in [6.45, 7) is 9.48. The molecule has 0 bridgehead atoms. The van der Waals surface area contributed by atoms with Crippen molar-refractivity contribution in [2.24, 2.45) is 11.3 Å². The lowest BCUT2D eigenvalue weighted by atomic mass is 9.80. The molecule has 32 heavy (non-hydrogen) atoms. The molecule has 4 nitrogen and oxygen atoms in total. The first-order chi connectivity index (χ1) is 15.2. The molecule has 1 unspecified atom stereocenters. The molecule has 0 heterocycles. The number of allylic oxidation sites excluding steroid dienone is 1. The topological polar surface area (TPSA) is 69.6 Å². The van der Waals surface area contributed by atoms with Crippen LogP contribution in [0, 0.1) is 11.3 Å². The maximum atomic E-state index is 12.3. The van der Waals surface area contributed by atoms with E-state index in [1.807, 2.05) is 81.4 Å². The van der Waals surface area contributed by atoms with E-state index >= 15 is 0 Å². The monoisotopic (exact) mass is 481 g/mol. The van der Waals surface area contributed by atoms with Crippen LogP contribution in [0.15, 0.2) is 73.3 Å². The summed E-state index contributed by atoms with van der Waals surface area (Å²) in [4.78, 5) is 12.3. The molecule has 2 atom stereocenters. The summed E-state index contributed by atoms with van der Waals surface area (Å²) in [6, 6.07) is 18.7. The van der Waals surface area contributed by atoms with Gasteiger partial charge in [0.15, 0.2) is 0 Å². The van der Waals surface area contributed by atoms with Gasteiger partial charge in [-0.05, 0) is 49.4 Å². The van der Waals surface area contributed by atoms with E-state index in [4.69, 9.17) is 28.3 Å². The van der Waals surface area contributed by atoms with Gasteiger partial charge < -0.3 is 15.5 Å². The summed E-state index contributed by atoms with van der Waals surface area (Å²) in [7, 11) is 0. The molecule has 0 saturated carbocycles. The minimum Gasteiger partial charge on any atom is -0.396 e. The lowest BCUT2D eigenvalue weighted by Gasteiger charge is -2.30. The maximum absolute atomic E-state index is 12.3. The zero-order valence-electron chi connectivity index (χ0n) is 19.3. The van der Waals surface area contributed by atoms with Crippen molar-refractivity contribution in [3.63, 3.8) is 0 Å². The standard InChI is InChI=1S/C14H27NO3.2C6H5Cl/c1-5-7-14(4,8-6-9-16)13(18)15-12(10-17)11(2)3;2*7-6-4-2-1-3-5-6/h5,11-12,16-17H,1,6-10H2,2-4H3,(H,15,18);2*1-5H/t12?,14-;;/m0../s1. The Morgan fingerprint density at radius 2 is 1.50 bits per heavy atom. The van der Waals surface area contributed by atoms with Gasteiger partial charge in [0.25, 0.3) is 0 Å². The van der Waals surface area contributed by atoms with E-state index in [2.05, 4.69) is 11.9 Å². The molecular weight excluding hydrogens is 445 g/mol. The van der Waals surface area contributed by atoms with Gasteiger partial charge in [0.05, 0.1) is 12.6 Å². The van der Waals surface area contributed by atoms with Gasteiger partial charge in [-0.25, -0.2) is 0 Å². The van der Waals surface area contributed by atoms with Crippen molar-refractivity contribution in [1.29, 1.82) is 0 Å².